The van der Waals surface area contributed by atoms with Crippen LogP contribution >= 0.6 is 27.5 Å². The lowest BCUT2D eigenvalue weighted by Crippen LogP contribution is -2.31. The largest absolute Gasteiger partial charge is 0.496 e. The Morgan fingerprint density at radius 3 is 2.62 bits per heavy atom. The number of sulfonamides is 1. The van der Waals surface area contributed by atoms with Gasteiger partial charge in [0.25, 0.3) is 5.91 Å². The minimum Gasteiger partial charge on any atom is -0.496 e. The summed E-state index contributed by atoms with van der Waals surface area (Å²) in [7, 11) is -2.55. The van der Waals surface area contributed by atoms with Crippen LogP contribution in [-0.4, -0.2) is 28.0 Å². The number of carbonyl (C=O) groups is 1. The molecule has 2 N–H and O–H groups in total. The summed E-state index contributed by atoms with van der Waals surface area (Å²) in [5.41, 5.74) is 1.66. The Kier molecular flexibility index (Phi) is 6.43. The number of fused-ring (bicyclic) bond motifs is 1. The fourth-order valence-corrected chi connectivity index (χ4v) is 5.83. The molecule has 0 saturated heterocycles. The number of ether oxygens (including phenoxy) is 2. The van der Waals surface area contributed by atoms with Crippen molar-refractivity contribution in [2.24, 2.45) is 0 Å². The number of hydrogen-bond acceptors (Lipinski definition) is 5. The Morgan fingerprint density at radius 2 is 1.91 bits per heavy atom. The maximum Gasteiger partial charge on any atom is 0.262 e. The van der Waals surface area contributed by atoms with E-state index in [2.05, 4.69) is 26.0 Å². The van der Waals surface area contributed by atoms with Crippen molar-refractivity contribution in [1.82, 2.24) is 4.72 Å². The third-order valence-corrected chi connectivity index (χ3v) is 7.48. The molecule has 0 fully saturated rings. The summed E-state index contributed by atoms with van der Waals surface area (Å²) in [6.07, 6.45) is 0. The molecular weight excluding hydrogens is 520 g/mol. The summed E-state index contributed by atoms with van der Waals surface area (Å²) >= 11 is 9.52. The van der Waals surface area contributed by atoms with E-state index in [0.29, 0.717) is 27.6 Å². The first-order chi connectivity index (χ1) is 15.3. The van der Waals surface area contributed by atoms with E-state index in [0.717, 1.165) is 0 Å². The Labute approximate surface area is 198 Å². The molecule has 32 heavy (non-hydrogen) atoms. The maximum atomic E-state index is 13.5. The van der Waals surface area contributed by atoms with Crippen molar-refractivity contribution in [3.63, 3.8) is 0 Å². The number of nitrogens with one attached hydrogen (secondary N) is 2. The SMILES string of the molecule is COc1ccc(Cl)cc1C(NS(=O)(=O)c1cc2c(cc1Br)NC(=O)CO2)c1ccccc1. The molecule has 0 saturated carbocycles. The van der Waals surface area contributed by atoms with Crippen molar-refractivity contribution in [2.45, 2.75) is 10.9 Å². The molecule has 0 aromatic heterocycles. The second-order valence-electron chi connectivity index (χ2n) is 6.97. The van der Waals surface area contributed by atoms with Crippen molar-refractivity contribution in [3.05, 3.63) is 81.3 Å². The highest BCUT2D eigenvalue weighted by atomic mass is 79.9. The summed E-state index contributed by atoms with van der Waals surface area (Å²) in [4.78, 5) is 11.5. The molecule has 1 amide bonds. The normalized spacial score (nSPS) is 14.2. The topological polar surface area (TPSA) is 93.7 Å². The molecule has 1 atom stereocenters. The van der Waals surface area contributed by atoms with Crippen LogP contribution in [0.4, 0.5) is 5.69 Å². The predicted molar refractivity (Wildman–Crippen MR) is 125 cm³/mol. The molecule has 0 aliphatic carbocycles. The standard InChI is InChI=1S/C22H18BrClN2O5S/c1-30-18-8-7-14(24)9-15(18)22(13-5-3-2-4-6-13)26-32(28,29)20-11-19-17(10-16(20)23)25-21(27)12-31-19/h2-11,22,26H,12H2,1H3,(H,25,27). The molecule has 1 aliphatic rings. The van der Waals surface area contributed by atoms with E-state index in [9.17, 15) is 13.2 Å². The van der Waals surface area contributed by atoms with Gasteiger partial charge in [-0.2, -0.15) is 4.72 Å². The van der Waals surface area contributed by atoms with E-state index < -0.39 is 16.1 Å². The van der Waals surface area contributed by atoms with Crippen molar-refractivity contribution in [1.29, 1.82) is 0 Å². The average Bonchev–Trinajstić information content (AvgIpc) is 2.77. The molecule has 0 radical (unpaired) electrons. The van der Waals surface area contributed by atoms with Crippen LogP contribution < -0.4 is 19.5 Å². The zero-order valence-electron chi connectivity index (χ0n) is 16.8. The molecule has 0 bridgehead atoms. The molecule has 7 nitrogen and oxygen atoms in total. The lowest BCUT2D eigenvalue weighted by atomic mass is 9.99. The summed E-state index contributed by atoms with van der Waals surface area (Å²) in [5.74, 6) is 0.446. The Bertz CT molecular complexity index is 1280. The first kappa shape index (κ1) is 22.6. The van der Waals surface area contributed by atoms with Gasteiger partial charge in [0.1, 0.15) is 16.4 Å². The van der Waals surface area contributed by atoms with Gasteiger partial charge in [0, 0.05) is 21.1 Å². The van der Waals surface area contributed by atoms with E-state index in [4.69, 9.17) is 21.1 Å². The molecule has 1 heterocycles. The summed E-state index contributed by atoms with van der Waals surface area (Å²) in [6, 6.07) is 16.2. The Balaban J connectivity index is 1.79. The number of methoxy groups -OCH3 is 1. The lowest BCUT2D eigenvalue weighted by molar-refractivity contribution is -0.118. The Morgan fingerprint density at radius 1 is 1.16 bits per heavy atom. The van der Waals surface area contributed by atoms with E-state index in [1.807, 2.05) is 30.3 Å². The highest BCUT2D eigenvalue weighted by molar-refractivity contribution is 9.10. The molecule has 3 aromatic rings. The van der Waals surface area contributed by atoms with Gasteiger partial charge in [-0.3, -0.25) is 4.79 Å². The number of hydrogen-bond donors (Lipinski definition) is 2. The van der Waals surface area contributed by atoms with Gasteiger partial charge in [-0.25, -0.2) is 8.42 Å². The third kappa shape index (κ3) is 4.61. The molecule has 1 aliphatic heterocycles. The first-order valence-electron chi connectivity index (χ1n) is 9.45. The highest BCUT2D eigenvalue weighted by Crippen LogP contribution is 2.38. The van der Waals surface area contributed by atoms with Crippen molar-refractivity contribution in [3.8, 4) is 11.5 Å². The van der Waals surface area contributed by atoms with E-state index >= 15 is 0 Å². The maximum absolute atomic E-state index is 13.5. The van der Waals surface area contributed by atoms with Crippen LogP contribution in [0.3, 0.4) is 0 Å². The third-order valence-electron chi connectivity index (χ3n) is 4.87. The van der Waals surface area contributed by atoms with Crippen LogP contribution in [0.25, 0.3) is 0 Å². The smallest absolute Gasteiger partial charge is 0.262 e. The number of carbonyl (C=O) groups excluding carboxylic acids is 1. The van der Waals surface area contributed by atoms with Gasteiger partial charge in [-0.1, -0.05) is 41.9 Å². The predicted octanol–water partition coefficient (Wildman–Crippen LogP) is 4.51. The highest BCUT2D eigenvalue weighted by Gasteiger charge is 2.29. The minimum atomic E-state index is -4.06. The van der Waals surface area contributed by atoms with Gasteiger partial charge >= 0.3 is 0 Å². The van der Waals surface area contributed by atoms with Crippen molar-refractivity contribution in [2.75, 3.05) is 19.0 Å². The summed E-state index contributed by atoms with van der Waals surface area (Å²) < 4.78 is 40.9. The van der Waals surface area contributed by atoms with E-state index in [1.54, 1.807) is 18.2 Å². The van der Waals surface area contributed by atoms with Gasteiger partial charge in [0.05, 0.1) is 18.8 Å². The molecule has 0 spiro atoms. The second kappa shape index (κ2) is 9.11. The number of amides is 1. The van der Waals surface area contributed by atoms with Crippen LogP contribution in [0.2, 0.25) is 5.02 Å². The van der Waals surface area contributed by atoms with E-state index in [-0.39, 0.29) is 27.6 Å². The number of anilines is 1. The summed E-state index contributed by atoms with van der Waals surface area (Å²) in [5, 5.41) is 3.10. The van der Waals surface area contributed by atoms with Gasteiger partial charge < -0.3 is 14.8 Å². The van der Waals surface area contributed by atoms with Gasteiger partial charge in [-0.05, 0) is 45.8 Å². The zero-order chi connectivity index (χ0) is 22.9. The molecule has 10 heteroatoms. The fraction of sp³-hybridized carbons (Fsp3) is 0.136. The van der Waals surface area contributed by atoms with Crippen LogP contribution in [0.5, 0.6) is 11.5 Å². The fourth-order valence-electron chi connectivity index (χ4n) is 3.39. The van der Waals surface area contributed by atoms with Crippen LogP contribution in [0.1, 0.15) is 17.2 Å². The quantitative estimate of drug-likeness (QED) is 0.483. The van der Waals surface area contributed by atoms with Crippen LogP contribution in [-0.2, 0) is 14.8 Å². The van der Waals surface area contributed by atoms with Crippen molar-refractivity contribution >= 4 is 49.1 Å². The number of halogens is 2. The van der Waals surface area contributed by atoms with E-state index in [1.165, 1.54) is 19.2 Å². The molecule has 4 rings (SSSR count). The number of benzene rings is 3. The van der Waals surface area contributed by atoms with Gasteiger partial charge in [0.15, 0.2) is 6.61 Å². The molecular formula is C22H18BrClN2O5S. The Hall–Kier alpha value is -2.59. The van der Waals surface area contributed by atoms with Gasteiger partial charge in [0.2, 0.25) is 10.0 Å². The average molecular weight is 538 g/mol. The minimum absolute atomic E-state index is 0.0330. The monoisotopic (exact) mass is 536 g/mol. The number of rotatable bonds is 6. The lowest BCUT2D eigenvalue weighted by Gasteiger charge is -2.24. The van der Waals surface area contributed by atoms with Crippen LogP contribution in [0.15, 0.2) is 70.0 Å². The van der Waals surface area contributed by atoms with Crippen molar-refractivity contribution < 1.29 is 22.7 Å². The van der Waals surface area contributed by atoms with Gasteiger partial charge in [-0.15, -0.1) is 0 Å². The van der Waals surface area contributed by atoms with Crippen LogP contribution in [0, 0.1) is 0 Å². The second-order valence-corrected chi connectivity index (χ2v) is 9.94. The first-order valence-corrected chi connectivity index (χ1v) is 12.1. The summed E-state index contributed by atoms with van der Waals surface area (Å²) in [6.45, 7) is -0.187. The molecule has 3 aromatic carbocycles. The zero-order valence-corrected chi connectivity index (χ0v) is 19.9. The molecule has 1 unspecified atom stereocenters. The molecule has 166 valence electrons.